The lowest BCUT2D eigenvalue weighted by molar-refractivity contribution is -0.111. The van der Waals surface area contributed by atoms with Gasteiger partial charge < -0.3 is 24.7 Å². The Labute approximate surface area is 206 Å². The lowest BCUT2D eigenvalue weighted by atomic mass is 10.2. The fourth-order valence-electron chi connectivity index (χ4n) is 3.23. The number of nitrogens with one attached hydrogen (secondary N) is 2. The number of pyridine rings is 2. The number of anilines is 1. The normalized spacial score (nSPS) is 11.5. The summed E-state index contributed by atoms with van der Waals surface area (Å²) in [5.41, 5.74) is 1.63. The number of hydrogen-bond donors (Lipinski definition) is 2. The van der Waals surface area contributed by atoms with E-state index in [0.29, 0.717) is 41.4 Å². The maximum atomic E-state index is 12.9. The van der Waals surface area contributed by atoms with Crippen LogP contribution in [0.1, 0.15) is 24.2 Å². The Hall–Kier alpha value is -3.50. The van der Waals surface area contributed by atoms with Gasteiger partial charge in [-0.3, -0.25) is 9.59 Å². The van der Waals surface area contributed by atoms with Crippen molar-refractivity contribution >= 4 is 36.6 Å². The molecule has 0 fully saturated rings. The third-order valence-corrected chi connectivity index (χ3v) is 6.69. The van der Waals surface area contributed by atoms with Gasteiger partial charge in [0.1, 0.15) is 18.1 Å². The maximum Gasteiger partial charge on any atom is 0.253 e. The fraction of sp³-hybridized carbons (Fsp3) is 0.360. The molecule has 0 saturated heterocycles. The van der Waals surface area contributed by atoms with E-state index >= 15 is 0 Å². The molecule has 0 spiro atoms. The van der Waals surface area contributed by atoms with Gasteiger partial charge in [0.05, 0.1) is 11.8 Å². The van der Waals surface area contributed by atoms with E-state index in [4.69, 9.17) is 9.47 Å². The lowest BCUT2D eigenvalue weighted by Gasteiger charge is -2.15. The number of rotatable bonds is 11. The molecule has 3 heterocycles. The summed E-state index contributed by atoms with van der Waals surface area (Å²) in [6, 6.07) is 6.03. The summed E-state index contributed by atoms with van der Waals surface area (Å²) in [5, 5.41) is 6.25. The zero-order chi connectivity index (χ0) is 25.6. The first-order chi connectivity index (χ1) is 16.6. The van der Waals surface area contributed by atoms with Gasteiger partial charge >= 0.3 is 0 Å². The first kappa shape index (κ1) is 26.1. The van der Waals surface area contributed by atoms with Gasteiger partial charge in [0.25, 0.3) is 5.91 Å². The van der Waals surface area contributed by atoms with Gasteiger partial charge in [-0.25, -0.2) is 9.97 Å². The Morgan fingerprint density at radius 1 is 1.23 bits per heavy atom. The van der Waals surface area contributed by atoms with E-state index in [1.807, 2.05) is 18.4 Å². The van der Waals surface area contributed by atoms with Crippen LogP contribution in [0.5, 0.6) is 11.6 Å². The van der Waals surface area contributed by atoms with Crippen molar-refractivity contribution in [2.75, 3.05) is 11.9 Å². The number of fused-ring (bicyclic) bond motifs is 1. The molecule has 9 nitrogen and oxygen atoms in total. The van der Waals surface area contributed by atoms with Crippen LogP contribution >= 0.6 is 0 Å². The third-order valence-electron chi connectivity index (χ3n) is 4.99. The van der Waals surface area contributed by atoms with Gasteiger partial charge in [-0.15, -0.1) is 0 Å². The molecule has 0 aliphatic heterocycles. The highest BCUT2D eigenvalue weighted by atomic mass is 28.3. The molecule has 0 aromatic carbocycles. The standard InChI is InChI=1S/C25H33N5O4Si/c1-7-22(31)29-18-8-9-26-23(12-18)34-19-13-20-21(25(32)28-17(2)3)15-30(24(20)27-14-19)16-33-10-11-35(4,5)6/h7-9,12-15,17H,1,10-11,16H2,2-6H3,(H,28,32)(H,26,29,31). The Bertz CT molecular complexity index is 1220. The zero-order valence-electron chi connectivity index (χ0n) is 20.9. The van der Waals surface area contributed by atoms with Crippen LogP contribution in [-0.2, 0) is 16.3 Å². The second kappa shape index (κ2) is 11.3. The molecule has 0 bridgehead atoms. The van der Waals surface area contributed by atoms with Gasteiger partial charge in [0.15, 0.2) is 0 Å². The van der Waals surface area contributed by atoms with Gasteiger partial charge in [-0.05, 0) is 38.1 Å². The van der Waals surface area contributed by atoms with Crippen molar-refractivity contribution in [1.82, 2.24) is 19.9 Å². The van der Waals surface area contributed by atoms with E-state index in [9.17, 15) is 9.59 Å². The number of aromatic nitrogens is 3. The molecule has 10 heteroatoms. The van der Waals surface area contributed by atoms with Crippen molar-refractivity contribution in [2.45, 2.75) is 52.3 Å². The molecule has 0 atom stereocenters. The first-order valence-corrected chi connectivity index (χ1v) is 15.2. The number of hydrogen-bond acceptors (Lipinski definition) is 6. The second-order valence-corrected chi connectivity index (χ2v) is 15.3. The van der Waals surface area contributed by atoms with Gasteiger partial charge in [-0.2, -0.15) is 0 Å². The lowest BCUT2D eigenvalue weighted by Crippen LogP contribution is -2.29. The Kier molecular flexibility index (Phi) is 8.42. The van der Waals surface area contributed by atoms with Crippen LogP contribution in [0.2, 0.25) is 25.7 Å². The number of carbonyl (C=O) groups excluding carboxylic acids is 2. The van der Waals surface area contributed by atoms with Crippen LogP contribution in [0.4, 0.5) is 5.69 Å². The number of nitrogens with zero attached hydrogens (tertiary/aromatic N) is 3. The van der Waals surface area contributed by atoms with Crippen LogP contribution in [0.25, 0.3) is 11.0 Å². The first-order valence-electron chi connectivity index (χ1n) is 11.5. The summed E-state index contributed by atoms with van der Waals surface area (Å²) >= 11 is 0. The van der Waals surface area contributed by atoms with Crippen LogP contribution in [0.15, 0.2) is 49.4 Å². The van der Waals surface area contributed by atoms with E-state index in [1.165, 1.54) is 12.3 Å². The van der Waals surface area contributed by atoms with E-state index < -0.39 is 8.07 Å². The average Bonchev–Trinajstić information content (AvgIpc) is 3.14. The van der Waals surface area contributed by atoms with E-state index in [-0.39, 0.29) is 23.7 Å². The van der Waals surface area contributed by atoms with E-state index in [0.717, 1.165) is 6.04 Å². The van der Waals surface area contributed by atoms with Gasteiger partial charge in [0.2, 0.25) is 11.8 Å². The highest BCUT2D eigenvalue weighted by molar-refractivity contribution is 6.76. The molecule has 3 aromatic rings. The van der Waals surface area contributed by atoms with Crippen LogP contribution in [0, 0.1) is 0 Å². The minimum absolute atomic E-state index is 0.0148. The third kappa shape index (κ3) is 7.49. The Balaban J connectivity index is 1.87. The second-order valence-electron chi connectivity index (χ2n) is 9.71. The highest BCUT2D eigenvalue weighted by Crippen LogP contribution is 2.28. The molecule has 35 heavy (non-hydrogen) atoms. The van der Waals surface area contributed by atoms with Crippen molar-refractivity contribution in [2.24, 2.45) is 0 Å². The van der Waals surface area contributed by atoms with Gasteiger partial charge in [0, 0.05) is 50.3 Å². The van der Waals surface area contributed by atoms with Gasteiger partial charge in [-0.1, -0.05) is 26.2 Å². The molecule has 0 aliphatic rings. The largest absolute Gasteiger partial charge is 0.437 e. The number of ether oxygens (including phenoxy) is 2. The van der Waals surface area contributed by atoms with Crippen LogP contribution in [0.3, 0.4) is 0 Å². The van der Waals surface area contributed by atoms with Crippen molar-refractivity contribution in [1.29, 1.82) is 0 Å². The molecule has 2 amide bonds. The van der Waals surface area contributed by atoms with Crippen molar-refractivity contribution < 1.29 is 19.1 Å². The maximum absolute atomic E-state index is 12.9. The molecule has 0 radical (unpaired) electrons. The molecular formula is C25H33N5O4Si. The summed E-state index contributed by atoms with van der Waals surface area (Å²) in [6.07, 6.45) is 6.04. The Morgan fingerprint density at radius 3 is 2.69 bits per heavy atom. The predicted octanol–water partition coefficient (Wildman–Crippen LogP) is 4.80. The van der Waals surface area contributed by atoms with E-state index in [1.54, 1.807) is 30.6 Å². The van der Waals surface area contributed by atoms with Crippen LogP contribution in [-0.4, -0.2) is 47.1 Å². The zero-order valence-corrected chi connectivity index (χ0v) is 21.9. The van der Waals surface area contributed by atoms with Crippen molar-refractivity contribution in [3.63, 3.8) is 0 Å². The fourth-order valence-corrected chi connectivity index (χ4v) is 3.98. The van der Waals surface area contributed by atoms with Crippen LogP contribution < -0.4 is 15.4 Å². The summed E-state index contributed by atoms with van der Waals surface area (Å²) in [6.45, 7) is 15.1. The minimum atomic E-state index is -1.20. The quantitative estimate of drug-likeness (QED) is 0.225. The summed E-state index contributed by atoms with van der Waals surface area (Å²) < 4.78 is 13.6. The van der Waals surface area contributed by atoms with Crippen molar-refractivity contribution in [3.05, 3.63) is 55.0 Å². The SMILES string of the molecule is C=CC(=O)Nc1ccnc(Oc2cnc3c(c2)c(C(=O)NC(C)C)cn3COCC[Si](C)(C)C)c1. The monoisotopic (exact) mass is 495 g/mol. The molecule has 2 N–H and O–H groups in total. The molecule has 186 valence electrons. The number of amides is 2. The smallest absolute Gasteiger partial charge is 0.253 e. The topological polar surface area (TPSA) is 107 Å². The molecule has 3 rings (SSSR count). The molecule has 3 aromatic heterocycles. The van der Waals surface area contributed by atoms with E-state index in [2.05, 4.69) is 46.8 Å². The van der Waals surface area contributed by atoms with Crippen molar-refractivity contribution in [3.8, 4) is 11.6 Å². The summed E-state index contributed by atoms with van der Waals surface area (Å²) in [7, 11) is -1.20. The highest BCUT2D eigenvalue weighted by Gasteiger charge is 2.19. The number of carbonyl (C=O) groups is 2. The summed E-state index contributed by atoms with van der Waals surface area (Å²) in [4.78, 5) is 33.2. The molecule has 0 unspecified atom stereocenters. The molecular weight excluding hydrogens is 462 g/mol. The molecule has 0 saturated carbocycles. The predicted molar refractivity (Wildman–Crippen MR) is 140 cm³/mol. The summed E-state index contributed by atoms with van der Waals surface area (Å²) in [5.74, 6) is 0.153. The Morgan fingerprint density at radius 2 is 2.00 bits per heavy atom. The minimum Gasteiger partial charge on any atom is -0.437 e. The average molecular weight is 496 g/mol. The molecule has 0 aliphatic carbocycles.